The molecule has 1 atom stereocenters. The van der Waals surface area contributed by atoms with Crippen LogP contribution in [0.1, 0.15) is 60.2 Å². The SMILES string of the molecule is Cc1cc(C)c(C(N)c2ccccc2C(C)(C)C)c(C)c1. The standard InChI is InChI=1S/C20H27N/c1-13-11-14(2)18(15(3)12-13)19(21)16-9-7-8-10-17(16)20(4,5)6/h7-12,19H,21H2,1-6H3. The smallest absolute Gasteiger partial charge is 0.0559 e. The van der Waals surface area contributed by atoms with E-state index in [9.17, 15) is 0 Å². The van der Waals surface area contributed by atoms with E-state index in [2.05, 4.69) is 77.9 Å². The Balaban J connectivity index is 2.59. The van der Waals surface area contributed by atoms with Gasteiger partial charge in [0.1, 0.15) is 0 Å². The zero-order valence-corrected chi connectivity index (χ0v) is 14.1. The van der Waals surface area contributed by atoms with Crippen molar-refractivity contribution in [3.8, 4) is 0 Å². The molecular weight excluding hydrogens is 254 g/mol. The zero-order valence-electron chi connectivity index (χ0n) is 14.1. The van der Waals surface area contributed by atoms with Crippen molar-refractivity contribution < 1.29 is 0 Å². The van der Waals surface area contributed by atoms with Gasteiger partial charge in [0.2, 0.25) is 0 Å². The number of nitrogens with two attached hydrogens (primary N) is 1. The van der Waals surface area contributed by atoms with Crippen LogP contribution in [0.5, 0.6) is 0 Å². The van der Waals surface area contributed by atoms with Gasteiger partial charge in [0.05, 0.1) is 6.04 Å². The third-order valence-corrected chi connectivity index (χ3v) is 4.15. The van der Waals surface area contributed by atoms with Gasteiger partial charge in [0, 0.05) is 0 Å². The van der Waals surface area contributed by atoms with Gasteiger partial charge < -0.3 is 5.73 Å². The van der Waals surface area contributed by atoms with Gasteiger partial charge in [-0.2, -0.15) is 0 Å². The van der Waals surface area contributed by atoms with E-state index in [1.54, 1.807) is 0 Å². The fourth-order valence-corrected chi connectivity index (χ4v) is 3.29. The normalized spacial score (nSPS) is 13.3. The second-order valence-corrected chi connectivity index (χ2v) is 7.13. The molecule has 1 unspecified atom stereocenters. The van der Waals surface area contributed by atoms with Crippen LogP contribution in [0.2, 0.25) is 0 Å². The number of hydrogen-bond donors (Lipinski definition) is 1. The minimum Gasteiger partial charge on any atom is -0.320 e. The molecule has 0 heterocycles. The van der Waals surface area contributed by atoms with Crippen LogP contribution in [0.15, 0.2) is 36.4 Å². The number of aryl methyl sites for hydroxylation is 3. The Hall–Kier alpha value is -1.60. The van der Waals surface area contributed by atoms with E-state index in [-0.39, 0.29) is 11.5 Å². The van der Waals surface area contributed by atoms with Crippen molar-refractivity contribution in [2.75, 3.05) is 0 Å². The van der Waals surface area contributed by atoms with E-state index in [1.165, 1.54) is 33.4 Å². The highest BCUT2D eigenvalue weighted by molar-refractivity contribution is 5.47. The second kappa shape index (κ2) is 5.65. The molecule has 112 valence electrons. The van der Waals surface area contributed by atoms with E-state index in [0.29, 0.717) is 0 Å². The third kappa shape index (κ3) is 3.19. The molecular formula is C20H27N. The van der Waals surface area contributed by atoms with Crippen LogP contribution >= 0.6 is 0 Å². The first kappa shape index (κ1) is 15.8. The van der Waals surface area contributed by atoms with Crippen LogP contribution < -0.4 is 5.73 Å². The summed E-state index contributed by atoms with van der Waals surface area (Å²) >= 11 is 0. The van der Waals surface area contributed by atoms with Crippen LogP contribution in [-0.2, 0) is 5.41 Å². The summed E-state index contributed by atoms with van der Waals surface area (Å²) in [5.74, 6) is 0. The first-order valence-electron chi connectivity index (χ1n) is 7.64. The van der Waals surface area contributed by atoms with Crippen LogP contribution in [0.25, 0.3) is 0 Å². The summed E-state index contributed by atoms with van der Waals surface area (Å²) in [6.45, 7) is 13.2. The molecule has 0 aliphatic carbocycles. The summed E-state index contributed by atoms with van der Waals surface area (Å²) in [6.07, 6.45) is 0. The van der Waals surface area contributed by atoms with Crippen LogP contribution in [-0.4, -0.2) is 0 Å². The minimum atomic E-state index is -0.0685. The maximum absolute atomic E-state index is 6.67. The van der Waals surface area contributed by atoms with Gasteiger partial charge in [-0.3, -0.25) is 0 Å². The van der Waals surface area contributed by atoms with E-state index in [4.69, 9.17) is 5.73 Å². The maximum atomic E-state index is 6.67. The summed E-state index contributed by atoms with van der Waals surface area (Å²) in [5.41, 5.74) is 14.5. The molecule has 0 aromatic heterocycles. The van der Waals surface area contributed by atoms with E-state index in [0.717, 1.165) is 0 Å². The molecule has 0 radical (unpaired) electrons. The average molecular weight is 281 g/mol. The summed E-state index contributed by atoms with van der Waals surface area (Å²) in [6, 6.07) is 12.9. The maximum Gasteiger partial charge on any atom is 0.0559 e. The number of benzene rings is 2. The predicted molar refractivity (Wildman–Crippen MR) is 91.8 cm³/mol. The monoisotopic (exact) mass is 281 g/mol. The Morgan fingerprint density at radius 3 is 1.95 bits per heavy atom. The van der Waals surface area contributed by atoms with Gasteiger partial charge in [0.25, 0.3) is 0 Å². The Morgan fingerprint density at radius 1 is 0.905 bits per heavy atom. The number of rotatable bonds is 2. The molecule has 1 heteroatoms. The van der Waals surface area contributed by atoms with Gasteiger partial charge in [-0.25, -0.2) is 0 Å². The van der Waals surface area contributed by atoms with Gasteiger partial charge in [-0.05, 0) is 54.0 Å². The summed E-state index contributed by atoms with van der Waals surface area (Å²) < 4.78 is 0. The molecule has 21 heavy (non-hydrogen) atoms. The quantitative estimate of drug-likeness (QED) is 0.827. The molecule has 2 rings (SSSR count). The molecule has 0 saturated heterocycles. The Bertz CT molecular complexity index is 624. The number of hydrogen-bond acceptors (Lipinski definition) is 1. The van der Waals surface area contributed by atoms with Gasteiger partial charge >= 0.3 is 0 Å². The lowest BCUT2D eigenvalue weighted by atomic mass is 9.79. The van der Waals surface area contributed by atoms with Crippen LogP contribution in [0.4, 0.5) is 0 Å². The van der Waals surface area contributed by atoms with Crippen molar-refractivity contribution in [1.82, 2.24) is 0 Å². The predicted octanol–water partition coefficient (Wildman–Crippen LogP) is 4.96. The Labute approximate surface area is 129 Å². The lowest BCUT2D eigenvalue weighted by molar-refractivity contribution is 0.577. The summed E-state index contributed by atoms with van der Waals surface area (Å²) in [7, 11) is 0. The highest BCUT2D eigenvalue weighted by Gasteiger charge is 2.23. The topological polar surface area (TPSA) is 26.0 Å². The average Bonchev–Trinajstić information content (AvgIpc) is 2.36. The molecule has 2 aromatic rings. The van der Waals surface area contributed by atoms with E-state index < -0.39 is 0 Å². The van der Waals surface area contributed by atoms with Crippen molar-refractivity contribution in [3.63, 3.8) is 0 Å². The van der Waals surface area contributed by atoms with Crippen molar-refractivity contribution in [2.45, 2.75) is 53.0 Å². The lowest BCUT2D eigenvalue weighted by Crippen LogP contribution is -2.22. The first-order chi connectivity index (χ1) is 9.71. The van der Waals surface area contributed by atoms with Crippen molar-refractivity contribution >= 4 is 0 Å². The van der Waals surface area contributed by atoms with Crippen molar-refractivity contribution in [1.29, 1.82) is 0 Å². The first-order valence-corrected chi connectivity index (χ1v) is 7.64. The molecule has 0 amide bonds. The van der Waals surface area contributed by atoms with E-state index >= 15 is 0 Å². The Morgan fingerprint density at radius 2 is 1.43 bits per heavy atom. The molecule has 2 N–H and O–H groups in total. The lowest BCUT2D eigenvalue weighted by Gasteiger charge is -2.27. The van der Waals surface area contributed by atoms with Crippen molar-refractivity contribution in [2.24, 2.45) is 5.73 Å². The van der Waals surface area contributed by atoms with Crippen molar-refractivity contribution in [3.05, 3.63) is 69.8 Å². The molecule has 0 saturated carbocycles. The fraction of sp³-hybridized carbons (Fsp3) is 0.400. The Kier molecular flexibility index (Phi) is 4.25. The molecule has 0 bridgehead atoms. The molecule has 0 spiro atoms. The van der Waals surface area contributed by atoms with Crippen LogP contribution in [0, 0.1) is 20.8 Å². The molecule has 0 aliphatic rings. The molecule has 0 fully saturated rings. The zero-order chi connectivity index (χ0) is 15.8. The highest BCUT2D eigenvalue weighted by Crippen LogP contribution is 2.34. The summed E-state index contributed by atoms with van der Waals surface area (Å²) in [5, 5.41) is 0. The van der Waals surface area contributed by atoms with Gasteiger partial charge in [0.15, 0.2) is 0 Å². The third-order valence-electron chi connectivity index (χ3n) is 4.15. The molecule has 1 nitrogen and oxygen atoms in total. The van der Waals surface area contributed by atoms with E-state index in [1.807, 2.05) is 0 Å². The second-order valence-electron chi connectivity index (χ2n) is 7.13. The largest absolute Gasteiger partial charge is 0.320 e. The summed E-state index contributed by atoms with van der Waals surface area (Å²) in [4.78, 5) is 0. The highest BCUT2D eigenvalue weighted by atomic mass is 14.6. The molecule has 2 aromatic carbocycles. The van der Waals surface area contributed by atoms with Gasteiger partial charge in [-0.15, -0.1) is 0 Å². The van der Waals surface area contributed by atoms with Crippen LogP contribution in [0.3, 0.4) is 0 Å². The molecule has 0 aliphatic heterocycles. The fourth-order valence-electron chi connectivity index (χ4n) is 3.29. The minimum absolute atomic E-state index is 0.0685. The van der Waals surface area contributed by atoms with Gasteiger partial charge in [-0.1, -0.05) is 62.7 Å².